The zero-order chi connectivity index (χ0) is 24.7. The second-order valence-electron chi connectivity index (χ2n) is 9.97. The highest BCUT2D eigenvalue weighted by atomic mass is 32.2. The average molecular weight is 513 g/mol. The van der Waals surface area contributed by atoms with E-state index >= 15 is 0 Å². The molecule has 0 fully saturated rings. The second-order valence-corrected chi connectivity index (χ2v) is 12.6. The monoisotopic (exact) mass is 512 g/mol. The second kappa shape index (κ2) is 22.8. The maximum Gasteiger partial charge on any atom is 0.472 e. The molecular formula is C25H55NO5PS+. The molecule has 0 aromatic carbocycles. The standard InChI is InChI=1S/C25H54NO5PS/c1-5-6-7-8-9-10-11-12-13-14-15-16-17-20-29-23-25-33-24-18-21-30-32(27,28)31-22-19-26(2,3)4/h5-25H2,1-4H3/p+1. The van der Waals surface area contributed by atoms with Crippen molar-refractivity contribution in [1.82, 2.24) is 0 Å². The Kier molecular flexibility index (Phi) is 23.1. The number of thioether (sulfide) groups is 1. The van der Waals surface area contributed by atoms with Gasteiger partial charge in [-0.1, -0.05) is 84.0 Å². The fourth-order valence-corrected chi connectivity index (χ4v) is 4.86. The van der Waals surface area contributed by atoms with Gasteiger partial charge in [-0.05, 0) is 18.6 Å². The van der Waals surface area contributed by atoms with Gasteiger partial charge in [-0.15, -0.1) is 0 Å². The van der Waals surface area contributed by atoms with Crippen LogP contribution in [-0.2, 0) is 18.3 Å². The molecule has 0 aliphatic heterocycles. The predicted molar refractivity (Wildman–Crippen MR) is 143 cm³/mol. The van der Waals surface area contributed by atoms with Crippen LogP contribution in [0.4, 0.5) is 0 Å². The third-order valence-corrected chi connectivity index (χ3v) is 7.52. The zero-order valence-corrected chi connectivity index (χ0v) is 23.9. The Labute approximate surface area is 209 Å². The summed E-state index contributed by atoms with van der Waals surface area (Å²) in [7, 11) is 2.10. The summed E-state index contributed by atoms with van der Waals surface area (Å²) in [6, 6.07) is 0. The molecule has 0 aromatic rings. The third-order valence-electron chi connectivity index (χ3n) is 5.47. The van der Waals surface area contributed by atoms with Gasteiger partial charge in [0.2, 0.25) is 0 Å². The predicted octanol–water partition coefficient (Wildman–Crippen LogP) is 7.06. The fourth-order valence-electron chi connectivity index (χ4n) is 3.35. The van der Waals surface area contributed by atoms with Crippen molar-refractivity contribution in [2.75, 3.05) is 65.6 Å². The van der Waals surface area contributed by atoms with E-state index in [0.29, 0.717) is 11.0 Å². The van der Waals surface area contributed by atoms with Crippen LogP contribution in [0.3, 0.4) is 0 Å². The number of phosphoric ester groups is 1. The summed E-state index contributed by atoms with van der Waals surface area (Å²) in [4.78, 5) is 9.65. The van der Waals surface area contributed by atoms with E-state index in [9.17, 15) is 9.46 Å². The van der Waals surface area contributed by atoms with Crippen LogP contribution in [0, 0.1) is 0 Å². The lowest BCUT2D eigenvalue weighted by Crippen LogP contribution is -2.37. The van der Waals surface area contributed by atoms with Crippen LogP contribution in [0.1, 0.15) is 96.8 Å². The molecule has 0 heterocycles. The summed E-state index contributed by atoms with van der Waals surface area (Å²) in [5, 5.41) is 0. The lowest BCUT2D eigenvalue weighted by molar-refractivity contribution is -0.870. The lowest BCUT2D eigenvalue weighted by atomic mass is 10.0. The number of rotatable bonds is 26. The van der Waals surface area contributed by atoms with E-state index in [2.05, 4.69) is 6.92 Å². The van der Waals surface area contributed by atoms with Gasteiger partial charge in [-0.2, -0.15) is 11.8 Å². The van der Waals surface area contributed by atoms with Gasteiger partial charge in [0.25, 0.3) is 0 Å². The fraction of sp³-hybridized carbons (Fsp3) is 1.00. The Morgan fingerprint density at radius 2 is 1.18 bits per heavy atom. The minimum atomic E-state index is -3.92. The normalized spacial score (nSPS) is 14.0. The van der Waals surface area contributed by atoms with Crippen molar-refractivity contribution in [2.24, 2.45) is 0 Å². The highest BCUT2D eigenvalue weighted by molar-refractivity contribution is 7.99. The zero-order valence-electron chi connectivity index (χ0n) is 22.2. The lowest BCUT2D eigenvalue weighted by Gasteiger charge is -2.24. The summed E-state index contributed by atoms with van der Waals surface area (Å²) < 4.78 is 28.2. The number of quaternary nitrogens is 1. The van der Waals surface area contributed by atoms with Crippen molar-refractivity contribution < 1.29 is 27.7 Å². The maximum atomic E-state index is 11.8. The number of phosphoric acid groups is 1. The van der Waals surface area contributed by atoms with E-state index in [1.807, 2.05) is 21.1 Å². The molecule has 0 aliphatic rings. The summed E-state index contributed by atoms with van der Waals surface area (Å²) in [5.41, 5.74) is 0. The van der Waals surface area contributed by atoms with Crippen LogP contribution in [0.15, 0.2) is 0 Å². The first-order valence-electron chi connectivity index (χ1n) is 13.3. The van der Waals surface area contributed by atoms with Gasteiger partial charge >= 0.3 is 7.82 Å². The average Bonchev–Trinajstić information content (AvgIpc) is 2.73. The largest absolute Gasteiger partial charge is 0.472 e. The molecular weight excluding hydrogens is 457 g/mol. The molecule has 8 heteroatoms. The van der Waals surface area contributed by atoms with E-state index in [1.165, 1.54) is 77.0 Å². The van der Waals surface area contributed by atoms with Crippen LogP contribution in [0.2, 0.25) is 0 Å². The van der Waals surface area contributed by atoms with Crippen molar-refractivity contribution in [3.05, 3.63) is 0 Å². The summed E-state index contributed by atoms with van der Waals surface area (Å²) in [6.07, 6.45) is 18.6. The highest BCUT2D eigenvalue weighted by Gasteiger charge is 2.21. The number of hydrogen-bond donors (Lipinski definition) is 1. The topological polar surface area (TPSA) is 65.0 Å². The first kappa shape index (κ1) is 33.4. The molecule has 0 spiro atoms. The van der Waals surface area contributed by atoms with Crippen molar-refractivity contribution >= 4 is 19.6 Å². The van der Waals surface area contributed by atoms with Crippen LogP contribution in [0.5, 0.6) is 0 Å². The van der Waals surface area contributed by atoms with Crippen molar-refractivity contribution in [1.29, 1.82) is 0 Å². The van der Waals surface area contributed by atoms with E-state index in [-0.39, 0.29) is 13.2 Å². The Morgan fingerprint density at radius 1 is 0.667 bits per heavy atom. The Morgan fingerprint density at radius 3 is 1.73 bits per heavy atom. The van der Waals surface area contributed by atoms with Gasteiger partial charge in [0.05, 0.1) is 34.4 Å². The number of unbranched alkanes of at least 4 members (excludes halogenated alkanes) is 12. The van der Waals surface area contributed by atoms with E-state index in [1.54, 1.807) is 11.8 Å². The number of hydrogen-bond acceptors (Lipinski definition) is 5. The number of nitrogens with zero attached hydrogens (tertiary/aromatic N) is 1. The minimum absolute atomic E-state index is 0.211. The van der Waals surface area contributed by atoms with Crippen LogP contribution >= 0.6 is 19.6 Å². The quantitative estimate of drug-likeness (QED) is 0.0760. The minimum Gasteiger partial charge on any atom is -0.381 e. The van der Waals surface area contributed by atoms with Gasteiger partial charge in [0.1, 0.15) is 13.2 Å². The van der Waals surface area contributed by atoms with Crippen LogP contribution in [-0.4, -0.2) is 75.0 Å². The first-order valence-corrected chi connectivity index (χ1v) is 16.0. The Bertz CT molecular complexity index is 463. The molecule has 0 aliphatic carbocycles. The smallest absolute Gasteiger partial charge is 0.381 e. The molecule has 0 radical (unpaired) electrons. The van der Waals surface area contributed by atoms with E-state index < -0.39 is 7.82 Å². The van der Waals surface area contributed by atoms with Gasteiger partial charge < -0.3 is 14.1 Å². The van der Waals surface area contributed by atoms with Gasteiger partial charge in [0, 0.05) is 12.4 Å². The van der Waals surface area contributed by atoms with Crippen LogP contribution < -0.4 is 0 Å². The molecule has 1 N–H and O–H groups in total. The molecule has 200 valence electrons. The Balaban J connectivity index is 3.23. The van der Waals surface area contributed by atoms with Crippen molar-refractivity contribution in [3.63, 3.8) is 0 Å². The molecule has 1 atom stereocenters. The SMILES string of the molecule is CCCCCCCCCCCCCCCOCCSCCCOP(=O)(O)OCC[N+](C)(C)C. The number of ether oxygens (including phenoxy) is 1. The maximum absolute atomic E-state index is 11.8. The molecule has 1 unspecified atom stereocenters. The van der Waals surface area contributed by atoms with Crippen molar-refractivity contribution in [3.8, 4) is 0 Å². The first-order chi connectivity index (χ1) is 15.8. The van der Waals surface area contributed by atoms with E-state index in [0.717, 1.165) is 37.6 Å². The van der Waals surface area contributed by atoms with Crippen LogP contribution in [0.25, 0.3) is 0 Å². The highest BCUT2D eigenvalue weighted by Crippen LogP contribution is 2.43. The van der Waals surface area contributed by atoms with Crippen molar-refractivity contribution in [2.45, 2.75) is 96.8 Å². The van der Waals surface area contributed by atoms with Gasteiger partial charge in [-0.25, -0.2) is 4.57 Å². The summed E-state index contributed by atoms with van der Waals surface area (Å²) in [5.74, 6) is 1.84. The summed E-state index contributed by atoms with van der Waals surface area (Å²) in [6.45, 7) is 5.02. The van der Waals surface area contributed by atoms with E-state index in [4.69, 9.17) is 13.8 Å². The molecule has 33 heavy (non-hydrogen) atoms. The molecule has 0 aromatic heterocycles. The molecule has 0 saturated carbocycles. The molecule has 0 saturated heterocycles. The third kappa shape index (κ3) is 28.5. The van der Waals surface area contributed by atoms with Gasteiger partial charge in [0.15, 0.2) is 0 Å². The summed E-state index contributed by atoms with van der Waals surface area (Å²) >= 11 is 1.79. The number of likely N-dealkylation sites (N-methyl/N-ethyl adjacent to an activating group) is 1. The molecule has 0 amide bonds. The molecule has 0 bridgehead atoms. The van der Waals surface area contributed by atoms with Gasteiger partial charge in [-0.3, -0.25) is 9.05 Å². The Hall–Kier alpha value is 0.380. The molecule has 0 rings (SSSR count). The molecule has 6 nitrogen and oxygen atoms in total.